The fraction of sp³-hybridized carbons (Fsp3) is 0.286. The van der Waals surface area contributed by atoms with E-state index in [4.69, 9.17) is 16.3 Å². The molecule has 0 bridgehead atoms. The summed E-state index contributed by atoms with van der Waals surface area (Å²) in [7, 11) is 0. The number of cyclic esters (lactones) is 1. The van der Waals surface area contributed by atoms with Gasteiger partial charge in [0.2, 0.25) is 0 Å². The van der Waals surface area contributed by atoms with Gasteiger partial charge in [-0.3, -0.25) is 0 Å². The summed E-state index contributed by atoms with van der Waals surface area (Å²) in [5.41, 5.74) is 4.42. The first-order valence-electron chi connectivity index (χ1n) is 8.19. The molecule has 0 saturated heterocycles. The second-order valence-electron chi connectivity index (χ2n) is 6.83. The molecule has 0 spiro atoms. The van der Waals surface area contributed by atoms with Gasteiger partial charge in [0.1, 0.15) is 6.61 Å². The summed E-state index contributed by atoms with van der Waals surface area (Å²) in [4.78, 5) is 12.3. The second-order valence-corrected chi connectivity index (χ2v) is 7.24. The molecule has 0 saturated carbocycles. The van der Waals surface area contributed by atoms with E-state index in [0.717, 1.165) is 28.7 Å². The Morgan fingerprint density at radius 1 is 1.12 bits per heavy atom. The largest absolute Gasteiger partial charge is 0.461 e. The van der Waals surface area contributed by atoms with Gasteiger partial charge in [0.05, 0.1) is 5.57 Å². The molecule has 124 valence electrons. The summed E-state index contributed by atoms with van der Waals surface area (Å²) in [5, 5.41) is 0.592. The summed E-state index contributed by atoms with van der Waals surface area (Å²) >= 11 is 6.61. The Labute approximate surface area is 148 Å². The van der Waals surface area contributed by atoms with Crippen molar-refractivity contribution >= 4 is 23.1 Å². The van der Waals surface area contributed by atoms with Crippen molar-refractivity contribution < 1.29 is 9.53 Å². The van der Waals surface area contributed by atoms with Crippen LogP contribution in [-0.2, 0) is 16.0 Å². The molecular weight excluding hydrogens is 320 g/mol. The molecule has 24 heavy (non-hydrogen) atoms. The number of carbonyl (C=O) groups excluding carboxylic acids is 1. The van der Waals surface area contributed by atoms with Crippen LogP contribution in [0.3, 0.4) is 0 Å². The molecule has 1 aliphatic heterocycles. The van der Waals surface area contributed by atoms with E-state index in [1.807, 2.05) is 30.3 Å². The molecule has 0 fully saturated rings. The highest BCUT2D eigenvalue weighted by Gasteiger charge is 2.30. The maximum absolute atomic E-state index is 12.3. The third kappa shape index (κ3) is 3.25. The van der Waals surface area contributed by atoms with Gasteiger partial charge in [-0.05, 0) is 29.2 Å². The number of esters is 1. The first-order valence-corrected chi connectivity index (χ1v) is 8.57. The number of rotatable bonds is 3. The van der Waals surface area contributed by atoms with Crippen LogP contribution in [-0.4, -0.2) is 12.6 Å². The van der Waals surface area contributed by atoms with Gasteiger partial charge in [0, 0.05) is 16.0 Å². The number of aryl methyl sites for hydroxylation is 1. The van der Waals surface area contributed by atoms with E-state index in [-0.39, 0.29) is 11.4 Å². The minimum Gasteiger partial charge on any atom is -0.461 e. The average molecular weight is 341 g/mol. The standard InChI is InChI=1S/C21H21ClO2/c1-4-14-10-16(15-8-6-5-7-9-15)11-18(22)19(14)17-12-21(2,3)13-24-20(17)23/h5-12H,4,13H2,1-3H3. The molecule has 0 aliphatic carbocycles. The van der Waals surface area contributed by atoms with E-state index in [2.05, 4.69) is 39.0 Å². The zero-order valence-electron chi connectivity index (χ0n) is 14.2. The van der Waals surface area contributed by atoms with Crippen LogP contribution in [0, 0.1) is 5.41 Å². The van der Waals surface area contributed by atoms with Crippen molar-refractivity contribution in [1.82, 2.24) is 0 Å². The van der Waals surface area contributed by atoms with Crippen molar-refractivity contribution in [2.24, 2.45) is 5.41 Å². The third-order valence-electron chi connectivity index (χ3n) is 4.26. The number of hydrogen-bond donors (Lipinski definition) is 0. The SMILES string of the molecule is CCc1cc(-c2ccccc2)cc(Cl)c1C1=CC(C)(C)COC1=O. The van der Waals surface area contributed by atoms with Crippen molar-refractivity contribution in [1.29, 1.82) is 0 Å². The summed E-state index contributed by atoms with van der Waals surface area (Å²) in [6.07, 6.45) is 2.78. The fourth-order valence-electron chi connectivity index (χ4n) is 3.04. The lowest BCUT2D eigenvalue weighted by Crippen LogP contribution is -2.27. The summed E-state index contributed by atoms with van der Waals surface area (Å²) < 4.78 is 5.36. The van der Waals surface area contributed by atoms with E-state index in [1.165, 1.54) is 0 Å². The Balaban J connectivity index is 2.16. The van der Waals surface area contributed by atoms with Gasteiger partial charge in [-0.2, -0.15) is 0 Å². The average Bonchev–Trinajstić information content (AvgIpc) is 2.57. The molecule has 0 unspecified atom stereocenters. The lowest BCUT2D eigenvalue weighted by molar-refractivity contribution is -0.140. The number of hydrogen-bond acceptors (Lipinski definition) is 2. The van der Waals surface area contributed by atoms with E-state index in [9.17, 15) is 4.79 Å². The zero-order chi connectivity index (χ0) is 17.3. The van der Waals surface area contributed by atoms with Crippen LogP contribution in [0.4, 0.5) is 0 Å². The molecule has 0 radical (unpaired) electrons. The Morgan fingerprint density at radius 2 is 1.83 bits per heavy atom. The van der Waals surface area contributed by atoms with Gasteiger partial charge < -0.3 is 4.74 Å². The monoisotopic (exact) mass is 340 g/mol. The molecule has 0 amide bonds. The van der Waals surface area contributed by atoms with E-state index < -0.39 is 0 Å². The maximum Gasteiger partial charge on any atom is 0.338 e. The highest BCUT2D eigenvalue weighted by atomic mass is 35.5. The molecule has 1 aliphatic rings. The fourth-order valence-corrected chi connectivity index (χ4v) is 3.38. The Bertz CT molecular complexity index is 804. The minimum absolute atomic E-state index is 0.185. The van der Waals surface area contributed by atoms with Crippen LogP contribution in [0.2, 0.25) is 5.02 Å². The zero-order valence-corrected chi connectivity index (χ0v) is 15.0. The topological polar surface area (TPSA) is 26.3 Å². The van der Waals surface area contributed by atoms with E-state index in [1.54, 1.807) is 0 Å². The second kappa shape index (κ2) is 6.45. The minimum atomic E-state index is -0.293. The predicted octanol–water partition coefficient (Wildman–Crippen LogP) is 5.54. The molecule has 1 heterocycles. The maximum atomic E-state index is 12.3. The molecule has 3 rings (SSSR count). The van der Waals surface area contributed by atoms with Gasteiger partial charge in [-0.15, -0.1) is 0 Å². The van der Waals surface area contributed by atoms with Crippen LogP contribution >= 0.6 is 11.6 Å². The Kier molecular flexibility index (Phi) is 4.51. The molecule has 0 aromatic heterocycles. The Hall–Kier alpha value is -2.06. The van der Waals surface area contributed by atoms with Crippen LogP contribution in [0.15, 0.2) is 48.5 Å². The lowest BCUT2D eigenvalue weighted by Gasteiger charge is -2.28. The predicted molar refractivity (Wildman–Crippen MR) is 99.0 cm³/mol. The third-order valence-corrected chi connectivity index (χ3v) is 4.56. The van der Waals surface area contributed by atoms with Gasteiger partial charge in [-0.25, -0.2) is 4.79 Å². The van der Waals surface area contributed by atoms with Crippen LogP contribution < -0.4 is 0 Å². The number of carbonyl (C=O) groups is 1. The number of halogens is 1. The van der Waals surface area contributed by atoms with Crippen LogP contribution in [0.25, 0.3) is 16.7 Å². The first-order chi connectivity index (χ1) is 11.4. The van der Waals surface area contributed by atoms with E-state index >= 15 is 0 Å². The van der Waals surface area contributed by atoms with Crippen LogP contribution in [0.5, 0.6) is 0 Å². The van der Waals surface area contributed by atoms with Gasteiger partial charge in [0.15, 0.2) is 0 Å². The van der Waals surface area contributed by atoms with Gasteiger partial charge >= 0.3 is 5.97 Å². The molecule has 3 heteroatoms. The highest BCUT2D eigenvalue weighted by molar-refractivity contribution is 6.35. The quantitative estimate of drug-likeness (QED) is 0.686. The normalized spacial score (nSPS) is 16.5. The summed E-state index contributed by atoms with van der Waals surface area (Å²) in [6.45, 7) is 6.58. The number of benzene rings is 2. The smallest absolute Gasteiger partial charge is 0.338 e. The van der Waals surface area contributed by atoms with Crippen LogP contribution in [0.1, 0.15) is 31.9 Å². The Morgan fingerprint density at radius 3 is 2.50 bits per heavy atom. The van der Waals surface area contributed by atoms with Crippen molar-refractivity contribution in [2.45, 2.75) is 27.2 Å². The first kappa shape index (κ1) is 16.8. The number of ether oxygens (including phenoxy) is 1. The molecular formula is C21H21ClO2. The highest BCUT2D eigenvalue weighted by Crippen LogP contribution is 2.38. The molecule has 2 nitrogen and oxygen atoms in total. The van der Waals surface area contributed by atoms with Gasteiger partial charge in [-0.1, -0.05) is 74.8 Å². The molecule has 0 N–H and O–H groups in total. The van der Waals surface area contributed by atoms with E-state index in [0.29, 0.717) is 17.2 Å². The van der Waals surface area contributed by atoms with Crippen molar-refractivity contribution in [3.63, 3.8) is 0 Å². The summed E-state index contributed by atoms with van der Waals surface area (Å²) in [6, 6.07) is 14.2. The molecule has 2 aromatic rings. The van der Waals surface area contributed by atoms with Crippen molar-refractivity contribution in [2.75, 3.05) is 6.61 Å². The van der Waals surface area contributed by atoms with Gasteiger partial charge in [0.25, 0.3) is 0 Å². The summed E-state index contributed by atoms with van der Waals surface area (Å²) in [5.74, 6) is -0.293. The molecule has 0 atom stereocenters. The molecule has 2 aromatic carbocycles. The van der Waals surface area contributed by atoms with Crippen molar-refractivity contribution in [3.05, 3.63) is 64.7 Å². The lowest BCUT2D eigenvalue weighted by atomic mass is 9.85. The van der Waals surface area contributed by atoms with Crippen molar-refractivity contribution in [3.8, 4) is 11.1 Å².